The van der Waals surface area contributed by atoms with E-state index in [1.807, 2.05) is 12.1 Å². The van der Waals surface area contributed by atoms with Crippen LogP contribution in [0.1, 0.15) is 55.0 Å². The van der Waals surface area contributed by atoms with Crippen molar-refractivity contribution in [2.24, 2.45) is 5.10 Å². The summed E-state index contributed by atoms with van der Waals surface area (Å²) >= 11 is 9.65. The lowest BCUT2D eigenvalue weighted by molar-refractivity contribution is -0.386. The lowest BCUT2D eigenvalue weighted by Crippen LogP contribution is -2.25. The average molecular weight is 626 g/mol. The highest BCUT2D eigenvalue weighted by Crippen LogP contribution is 2.39. The summed E-state index contributed by atoms with van der Waals surface area (Å²) in [7, 11) is 1.40. The fourth-order valence-corrected chi connectivity index (χ4v) is 5.46. The van der Waals surface area contributed by atoms with Crippen LogP contribution in [0.2, 0.25) is 5.02 Å². The van der Waals surface area contributed by atoms with Crippen molar-refractivity contribution >= 4 is 50.3 Å². The molecule has 0 atom stereocenters. The molecule has 1 aromatic heterocycles. The molecule has 11 heteroatoms. The number of hydrogen-bond donors (Lipinski definition) is 0. The van der Waals surface area contributed by atoms with E-state index in [9.17, 15) is 14.9 Å². The molecule has 1 aliphatic carbocycles. The second-order valence-electron chi connectivity index (χ2n) is 9.54. The Kier molecular flexibility index (Phi) is 8.46. The number of nitro benzene ring substituents is 1. The summed E-state index contributed by atoms with van der Waals surface area (Å²) in [4.78, 5) is 29.9. The molecule has 0 bridgehead atoms. The zero-order valence-electron chi connectivity index (χ0n) is 21.7. The summed E-state index contributed by atoms with van der Waals surface area (Å²) in [6.07, 6.45) is 6.51. The van der Waals surface area contributed by atoms with Crippen molar-refractivity contribution in [2.45, 2.75) is 44.6 Å². The van der Waals surface area contributed by atoms with Crippen molar-refractivity contribution in [3.05, 3.63) is 102 Å². The molecule has 4 aromatic rings. The van der Waals surface area contributed by atoms with Gasteiger partial charge in [-0.2, -0.15) is 9.78 Å². The molecule has 1 heterocycles. The van der Waals surface area contributed by atoms with Gasteiger partial charge in [-0.15, -0.1) is 0 Å². The van der Waals surface area contributed by atoms with E-state index in [4.69, 9.17) is 26.1 Å². The van der Waals surface area contributed by atoms with Crippen LogP contribution in [-0.2, 0) is 6.61 Å². The van der Waals surface area contributed by atoms with E-state index < -0.39 is 4.92 Å². The Labute approximate surface area is 243 Å². The zero-order valence-corrected chi connectivity index (χ0v) is 24.0. The van der Waals surface area contributed by atoms with Gasteiger partial charge in [-0.25, -0.2) is 4.98 Å². The van der Waals surface area contributed by atoms with Gasteiger partial charge in [-0.1, -0.05) is 65.0 Å². The van der Waals surface area contributed by atoms with Gasteiger partial charge >= 0.3 is 5.69 Å². The molecule has 0 unspecified atom stereocenters. The van der Waals surface area contributed by atoms with Crippen molar-refractivity contribution < 1.29 is 14.4 Å². The number of fused-ring (bicyclic) bond motifs is 1. The highest BCUT2D eigenvalue weighted by atomic mass is 79.9. The number of rotatable bonds is 8. The predicted molar refractivity (Wildman–Crippen MR) is 158 cm³/mol. The largest absolute Gasteiger partial charge is 0.493 e. The summed E-state index contributed by atoms with van der Waals surface area (Å²) < 4.78 is 13.3. The molecule has 0 spiro atoms. The first-order valence-electron chi connectivity index (χ1n) is 12.8. The summed E-state index contributed by atoms with van der Waals surface area (Å²) in [6.45, 7) is 0.0166. The third-order valence-corrected chi connectivity index (χ3v) is 7.79. The molecule has 0 amide bonds. The van der Waals surface area contributed by atoms with Crippen molar-refractivity contribution in [2.75, 3.05) is 7.11 Å². The molecule has 40 heavy (non-hydrogen) atoms. The van der Waals surface area contributed by atoms with Crippen LogP contribution in [-0.4, -0.2) is 27.9 Å². The minimum atomic E-state index is -0.545. The molecule has 0 aliphatic heterocycles. The Morgan fingerprint density at radius 1 is 1.18 bits per heavy atom. The molecule has 1 aliphatic rings. The maximum Gasteiger partial charge on any atom is 0.315 e. The first-order chi connectivity index (χ1) is 19.4. The number of nitro groups is 1. The van der Waals surface area contributed by atoms with Crippen LogP contribution in [0.4, 0.5) is 5.69 Å². The SMILES string of the molecule is COc1cc(C=Nn2c(C3CCCCC3)nc3ccc(Br)cc3c2=O)cc([N+](=O)[O-])c1OCc1ccccc1Cl. The van der Waals surface area contributed by atoms with Gasteiger partial charge in [-0.05, 0) is 43.2 Å². The van der Waals surface area contributed by atoms with Gasteiger partial charge in [0.25, 0.3) is 5.56 Å². The summed E-state index contributed by atoms with van der Waals surface area (Å²) in [5.74, 6) is 0.818. The molecule has 206 valence electrons. The van der Waals surface area contributed by atoms with Gasteiger partial charge in [0.1, 0.15) is 12.4 Å². The zero-order chi connectivity index (χ0) is 28.2. The van der Waals surface area contributed by atoms with Crippen LogP contribution < -0.4 is 15.0 Å². The van der Waals surface area contributed by atoms with Gasteiger partial charge in [0.15, 0.2) is 5.75 Å². The normalized spacial score (nSPS) is 14.1. The van der Waals surface area contributed by atoms with Crippen molar-refractivity contribution in [3.63, 3.8) is 0 Å². The monoisotopic (exact) mass is 624 g/mol. The molecule has 3 aromatic carbocycles. The lowest BCUT2D eigenvalue weighted by atomic mass is 9.88. The summed E-state index contributed by atoms with van der Waals surface area (Å²) in [5.41, 5.74) is 1.05. The maximum atomic E-state index is 13.6. The van der Waals surface area contributed by atoms with Crippen molar-refractivity contribution in [3.8, 4) is 11.5 Å². The van der Waals surface area contributed by atoms with Gasteiger partial charge in [0.05, 0.1) is 29.2 Å². The number of halogens is 2. The summed E-state index contributed by atoms with van der Waals surface area (Å²) in [6, 6.07) is 15.4. The lowest BCUT2D eigenvalue weighted by Gasteiger charge is -2.22. The second kappa shape index (κ2) is 12.2. The van der Waals surface area contributed by atoms with E-state index >= 15 is 0 Å². The highest BCUT2D eigenvalue weighted by molar-refractivity contribution is 9.10. The Morgan fingerprint density at radius 3 is 2.67 bits per heavy atom. The number of hydrogen-bond acceptors (Lipinski definition) is 7. The fourth-order valence-electron chi connectivity index (χ4n) is 4.91. The van der Waals surface area contributed by atoms with E-state index in [1.165, 1.54) is 24.1 Å². The van der Waals surface area contributed by atoms with E-state index in [0.717, 1.165) is 36.6 Å². The number of nitrogens with zero attached hydrogens (tertiary/aromatic N) is 4. The van der Waals surface area contributed by atoms with Crippen LogP contribution in [0.3, 0.4) is 0 Å². The number of methoxy groups -OCH3 is 1. The Hall–Kier alpha value is -3.76. The van der Waals surface area contributed by atoms with E-state index in [-0.39, 0.29) is 35.3 Å². The molecule has 5 rings (SSSR count). The van der Waals surface area contributed by atoms with Crippen molar-refractivity contribution in [1.29, 1.82) is 0 Å². The molecule has 0 N–H and O–H groups in total. The van der Waals surface area contributed by atoms with Crippen LogP contribution in [0.25, 0.3) is 10.9 Å². The van der Waals surface area contributed by atoms with Gasteiger partial charge in [0.2, 0.25) is 5.75 Å². The van der Waals surface area contributed by atoms with Crippen LogP contribution in [0, 0.1) is 10.1 Å². The van der Waals surface area contributed by atoms with Crippen molar-refractivity contribution in [1.82, 2.24) is 9.66 Å². The molecule has 1 saturated carbocycles. The van der Waals surface area contributed by atoms with Gasteiger partial charge < -0.3 is 9.47 Å². The standard InChI is InChI=1S/C29H26BrClN4O5/c1-39-26-14-18(13-25(35(37)38)27(26)40-17-20-9-5-6-10-23(20)31)16-32-34-28(19-7-3-2-4-8-19)33-24-12-11-21(30)15-22(24)29(34)36/h5-6,9-16,19H,2-4,7-8,17H2,1H3. The average Bonchev–Trinajstić information content (AvgIpc) is 2.96. The minimum Gasteiger partial charge on any atom is -0.493 e. The second-order valence-corrected chi connectivity index (χ2v) is 10.9. The topological polar surface area (TPSA) is 109 Å². The molecule has 0 radical (unpaired) electrons. The molecular formula is C29H26BrClN4O5. The Bertz CT molecular complexity index is 1670. The van der Waals surface area contributed by atoms with Gasteiger partial charge in [-0.3, -0.25) is 14.9 Å². The molecular weight excluding hydrogens is 600 g/mol. The van der Waals surface area contributed by atoms with E-state index in [0.29, 0.717) is 32.9 Å². The molecule has 9 nitrogen and oxygen atoms in total. The van der Waals surface area contributed by atoms with Gasteiger partial charge in [0, 0.05) is 32.6 Å². The van der Waals surface area contributed by atoms with Crippen LogP contribution in [0.5, 0.6) is 11.5 Å². The Morgan fingerprint density at radius 2 is 1.95 bits per heavy atom. The third-order valence-electron chi connectivity index (χ3n) is 6.93. The smallest absolute Gasteiger partial charge is 0.315 e. The maximum absolute atomic E-state index is 13.6. The minimum absolute atomic E-state index is 0.0166. The van der Waals surface area contributed by atoms with Crippen LogP contribution >= 0.6 is 27.5 Å². The van der Waals surface area contributed by atoms with E-state index in [2.05, 4.69) is 21.0 Å². The quantitative estimate of drug-likeness (QED) is 0.116. The highest BCUT2D eigenvalue weighted by Gasteiger charge is 2.24. The number of benzene rings is 3. The molecule has 0 saturated heterocycles. The first kappa shape index (κ1) is 27.8. The van der Waals surface area contributed by atoms with Crippen LogP contribution in [0.15, 0.2) is 69.0 Å². The summed E-state index contributed by atoms with van der Waals surface area (Å²) in [5, 5.41) is 17.4. The fraction of sp³-hybridized carbons (Fsp3) is 0.276. The Balaban J connectivity index is 1.56. The van der Waals surface area contributed by atoms with E-state index in [1.54, 1.807) is 36.4 Å². The molecule has 1 fully saturated rings. The third kappa shape index (κ3) is 5.88. The first-order valence-corrected chi connectivity index (χ1v) is 14.0. The number of aromatic nitrogens is 2. The predicted octanol–water partition coefficient (Wildman–Crippen LogP) is 7.24. The number of ether oxygens (including phenoxy) is 2.